The van der Waals surface area contributed by atoms with Crippen LogP contribution in [0.5, 0.6) is 5.75 Å². The normalized spacial score (nSPS) is 10.2. The summed E-state index contributed by atoms with van der Waals surface area (Å²) in [4.78, 5) is 4.22. The van der Waals surface area contributed by atoms with Crippen molar-refractivity contribution in [2.75, 3.05) is 18.2 Å². The second-order valence-corrected chi connectivity index (χ2v) is 4.75. The first kappa shape index (κ1) is 12.7. The van der Waals surface area contributed by atoms with Crippen LogP contribution in [0.2, 0.25) is 0 Å². The number of hydrogen-bond donors (Lipinski definition) is 2. The van der Waals surface area contributed by atoms with Crippen molar-refractivity contribution < 1.29 is 4.74 Å². The van der Waals surface area contributed by atoms with E-state index in [2.05, 4.69) is 26.2 Å². The van der Waals surface area contributed by atoms with Gasteiger partial charge in [-0.15, -0.1) is 0 Å². The van der Waals surface area contributed by atoms with Crippen LogP contribution in [0.3, 0.4) is 0 Å². The molecule has 0 amide bonds. The van der Waals surface area contributed by atoms with Gasteiger partial charge in [-0.05, 0) is 52.7 Å². The summed E-state index contributed by atoms with van der Waals surface area (Å²) in [5, 5.41) is 3.21. The van der Waals surface area contributed by atoms with E-state index in [1.807, 2.05) is 31.2 Å². The fourth-order valence-electron chi connectivity index (χ4n) is 1.53. The van der Waals surface area contributed by atoms with E-state index in [4.69, 9.17) is 10.5 Å². The maximum atomic E-state index is 5.73. The van der Waals surface area contributed by atoms with Crippen molar-refractivity contribution in [1.82, 2.24) is 4.98 Å². The average molecular weight is 308 g/mol. The Bertz CT molecular complexity index is 572. The van der Waals surface area contributed by atoms with Crippen molar-refractivity contribution in [2.24, 2.45) is 0 Å². The quantitative estimate of drug-likeness (QED) is 0.911. The lowest BCUT2D eigenvalue weighted by Gasteiger charge is -2.09. The Hall–Kier alpha value is -1.75. The van der Waals surface area contributed by atoms with Crippen molar-refractivity contribution in [3.05, 3.63) is 40.5 Å². The molecule has 2 aromatic rings. The molecule has 18 heavy (non-hydrogen) atoms. The van der Waals surface area contributed by atoms with E-state index in [9.17, 15) is 0 Å². The molecule has 94 valence electrons. The molecule has 0 aliphatic heterocycles. The van der Waals surface area contributed by atoms with Crippen LogP contribution < -0.4 is 15.8 Å². The number of halogens is 1. The summed E-state index contributed by atoms with van der Waals surface area (Å²) in [5.74, 6) is 1.56. The summed E-state index contributed by atoms with van der Waals surface area (Å²) in [6.45, 7) is 1.95. The van der Waals surface area contributed by atoms with Crippen molar-refractivity contribution >= 4 is 33.1 Å². The van der Waals surface area contributed by atoms with Gasteiger partial charge in [0.25, 0.3) is 0 Å². The molecule has 0 spiro atoms. The molecule has 1 aromatic heterocycles. The van der Waals surface area contributed by atoms with Gasteiger partial charge < -0.3 is 15.8 Å². The van der Waals surface area contributed by atoms with Gasteiger partial charge in [0.2, 0.25) is 0 Å². The van der Waals surface area contributed by atoms with Gasteiger partial charge in [0.1, 0.15) is 11.6 Å². The number of aryl methyl sites for hydroxylation is 1. The minimum absolute atomic E-state index is 0.691. The highest BCUT2D eigenvalue weighted by Gasteiger charge is 2.03. The predicted molar refractivity (Wildman–Crippen MR) is 77.4 cm³/mol. The molecular formula is C13H14BrN3O. The third kappa shape index (κ3) is 2.73. The zero-order valence-corrected chi connectivity index (χ0v) is 11.8. The van der Waals surface area contributed by atoms with Crippen LogP contribution in [0.25, 0.3) is 0 Å². The van der Waals surface area contributed by atoms with Crippen molar-refractivity contribution in [1.29, 1.82) is 0 Å². The molecule has 0 bridgehead atoms. The Morgan fingerprint density at radius 1 is 1.33 bits per heavy atom. The summed E-state index contributed by atoms with van der Waals surface area (Å²) >= 11 is 3.44. The first-order chi connectivity index (χ1) is 8.60. The molecule has 0 aliphatic rings. The maximum Gasteiger partial charge on any atom is 0.133 e. The van der Waals surface area contributed by atoms with Crippen LogP contribution in [-0.4, -0.2) is 12.1 Å². The van der Waals surface area contributed by atoms with Crippen LogP contribution >= 0.6 is 15.9 Å². The second-order valence-electron chi connectivity index (χ2n) is 3.90. The van der Waals surface area contributed by atoms with Gasteiger partial charge in [0, 0.05) is 5.69 Å². The predicted octanol–water partition coefficient (Wildman–Crippen LogP) is 3.49. The van der Waals surface area contributed by atoms with Gasteiger partial charge in [-0.2, -0.15) is 0 Å². The van der Waals surface area contributed by atoms with E-state index in [0.29, 0.717) is 5.69 Å². The lowest BCUT2D eigenvalue weighted by atomic mass is 10.2. The van der Waals surface area contributed by atoms with Crippen LogP contribution in [-0.2, 0) is 0 Å². The standard InChI is InChI=1S/C13H14BrN3O/c1-8-5-13(16-7-11(8)15)17-9-3-4-12(18-2)10(14)6-9/h3-7H,15H2,1-2H3,(H,16,17). The Morgan fingerprint density at radius 3 is 2.72 bits per heavy atom. The van der Waals surface area contributed by atoms with Gasteiger partial charge in [-0.25, -0.2) is 4.98 Å². The van der Waals surface area contributed by atoms with E-state index >= 15 is 0 Å². The monoisotopic (exact) mass is 307 g/mol. The topological polar surface area (TPSA) is 60.2 Å². The van der Waals surface area contributed by atoms with Gasteiger partial charge in [-0.1, -0.05) is 0 Å². The molecule has 0 radical (unpaired) electrons. The Labute approximate surface area is 114 Å². The smallest absolute Gasteiger partial charge is 0.133 e. The summed E-state index contributed by atoms with van der Waals surface area (Å²) in [5.41, 5.74) is 8.35. The fourth-order valence-corrected chi connectivity index (χ4v) is 2.07. The van der Waals surface area contributed by atoms with Gasteiger partial charge in [0.05, 0.1) is 23.5 Å². The summed E-state index contributed by atoms with van der Waals surface area (Å²) in [7, 11) is 1.64. The van der Waals surface area contributed by atoms with Gasteiger partial charge >= 0.3 is 0 Å². The molecule has 0 unspecified atom stereocenters. The lowest BCUT2D eigenvalue weighted by Crippen LogP contribution is -1.97. The fraction of sp³-hybridized carbons (Fsp3) is 0.154. The zero-order valence-electron chi connectivity index (χ0n) is 10.2. The zero-order chi connectivity index (χ0) is 13.1. The number of benzene rings is 1. The number of nitrogens with one attached hydrogen (secondary N) is 1. The Kier molecular flexibility index (Phi) is 3.72. The SMILES string of the molecule is COc1ccc(Nc2cc(C)c(N)cn2)cc1Br. The highest BCUT2D eigenvalue weighted by Crippen LogP contribution is 2.29. The molecule has 0 saturated carbocycles. The van der Waals surface area contributed by atoms with E-state index < -0.39 is 0 Å². The van der Waals surface area contributed by atoms with Gasteiger partial charge in [0.15, 0.2) is 0 Å². The summed E-state index contributed by atoms with van der Waals surface area (Å²) in [6.07, 6.45) is 1.65. The Morgan fingerprint density at radius 2 is 2.11 bits per heavy atom. The first-order valence-corrected chi connectivity index (χ1v) is 6.22. The molecule has 1 heterocycles. The second kappa shape index (κ2) is 5.27. The Balaban J connectivity index is 2.23. The molecule has 3 N–H and O–H groups in total. The number of pyridine rings is 1. The number of nitrogens with two attached hydrogens (primary N) is 1. The van der Waals surface area contributed by atoms with Crippen molar-refractivity contribution in [3.63, 3.8) is 0 Å². The molecule has 0 saturated heterocycles. The highest BCUT2D eigenvalue weighted by atomic mass is 79.9. The van der Waals surface area contributed by atoms with Crippen LogP contribution in [0, 0.1) is 6.92 Å². The van der Waals surface area contributed by atoms with E-state index in [1.165, 1.54) is 0 Å². The molecular weight excluding hydrogens is 294 g/mol. The van der Waals surface area contributed by atoms with Crippen LogP contribution in [0.4, 0.5) is 17.2 Å². The third-order valence-corrected chi connectivity index (χ3v) is 3.20. The van der Waals surface area contributed by atoms with Crippen LogP contribution in [0.1, 0.15) is 5.56 Å². The number of anilines is 3. The molecule has 4 nitrogen and oxygen atoms in total. The summed E-state index contributed by atoms with van der Waals surface area (Å²) in [6, 6.07) is 7.66. The largest absolute Gasteiger partial charge is 0.496 e. The van der Waals surface area contributed by atoms with E-state index in [1.54, 1.807) is 13.3 Å². The van der Waals surface area contributed by atoms with Gasteiger partial charge in [-0.3, -0.25) is 0 Å². The molecule has 0 atom stereocenters. The van der Waals surface area contributed by atoms with Crippen molar-refractivity contribution in [3.8, 4) is 5.75 Å². The maximum absolute atomic E-state index is 5.73. The van der Waals surface area contributed by atoms with Crippen LogP contribution in [0.15, 0.2) is 34.9 Å². The number of nitrogens with zero attached hydrogens (tertiary/aromatic N) is 1. The number of rotatable bonds is 3. The first-order valence-electron chi connectivity index (χ1n) is 5.43. The summed E-state index contributed by atoms with van der Waals surface area (Å²) < 4.78 is 6.07. The average Bonchev–Trinajstić information content (AvgIpc) is 2.34. The minimum Gasteiger partial charge on any atom is -0.496 e. The molecule has 0 aliphatic carbocycles. The minimum atomic E-state index is 0.691. The number of hydrogen-bond acceptors (Lipinski definition) is 4. The number of aromatic nitrogens is 1. The van der Waals surface area contributed by atoms with E-state index in [-0.39, 0.29) is 0 Å². The third-order valence-electron chi connectivity index (χ3n) is 2.58. The lowest BCUT2D eigenvalue weighted by molar-refractivity contribution is 0.412. The molecule has 2 rings (SSSR count). The van der Waals surface area contributed by atoms with Crippen molar-refractivity contribution in [2.45, 2.75) is 6.92 Å². The number of nitrogen functional groups attached to an aromatic ring is 1. The highest BCUT2D eigenvalue weighted by molar-refractivity contribution is 9.10. The molecule has 5 heteroatoms. The number of ether oxygens (including phenoxy) is 1. The molecule has 0 fully saturated rings. The molecule has 1 aromatic carbocycles. The number of methoxy groups -OCH3 is 1. The van der Waals surface area contributed by atoms with E-state index in [0.717, 1.165) is 27.3 Å².